The molecule has 1 aromatic rings. The minimum Gasteiger partial charge on any atom is -0.399 e. The van der Waals surface area contributed by atoms with Gasteiger partial charge in [-0.05, 0) is 38.1 Å². The van der Waals surface area contributed by atoms with Gasteiger partial charge in [-0.3, -0.25) is 4.79 Å². The molecule has 98 valence electrons. The molecule has 2 rings (SSSR count). The predicted molar refractivity (Wildman–Crippen MR) is 68.8 cm³/mol. The number of nitrogen functional groups attached to an aromatic ring is 1. The fraction of sp³-hybridized carbons (Fsp3) is 0.462. The van der Waals surface area contributed by atoms with Crippen LogP contribution in [0.2, 0.25) is 0 Å². The third kappa shape index (κ3) is 3.43. The minimum absolute atomic E-state index is 0.259. The van der Waals surface area contributed by atoms with E-state index in [2.05, 4.69) is 10.2 Å². The van der Waals surface area contributed by atoms with Crippen molar-refractivity contribution in [3.05, 3.63) is 29.6 Å². The number of nitrogens with zero attached hydrogens (tertiary/aromatic N) is 1. The van der Waals surface area contributed by atoms with Crippen molar-refractivity contribution in [1.82, 2.24) is 10.2 Å². The van der Waals surface area contributed by atoms with Gasteiger partial charge >= 0.3 is 0 Å². The highest BCUT2D eigenvalue weighted by Gasteiger charge is 2.25. The van der Waals surface area contributed by atoms with Crippen LogP contribution >= 0.6 is 0 Å². The van der Waals surface area contributed by atoms with E-state index in [1.807, 2.05) is 7.05 Å². The van der Waals surface area contributed by atoms with Gasteiger partial charge in [-0.1, -0.05) is 0 Å². The van der Waals surface area contributed by atoms with Crippen molar-refractivity contribution in [2.24, 2.45) is 0 Å². The Bertz CT molecular complexity index is 426. The molecule has 0 aliphatic heterocycles. The first-order valence-corrected chi connectivity index (χ1v) is 6.11. The van der Waals surface area contributed by atoms with E-state index in [-0.39, 0.29) is 17.2 Å². The lowest BCUT2D eigenvalue weighted by molar-refractivity contribution is 0.0949. The Kier molecular flexibility index (Phi) is 3.81. The summed E-state index contributed by atoms with van der Waals surface area (Å²) in [4.78, 5) is 14.0. The topological polar surface area (TPSA) is 58.4 Å². The summed E-state index contributed by atoms with van der Waals surface area (Å²) in [6, 6.07) is 4.53. The van der Waals surface area contributed by atoms with Crippen molar-refractivity contribution in [2.45, 2.75) is 18.9 Å². The summed E-state index contributed by atoms with van der Waals surface area (Å²) in [7, 11) is 2.05. The average molecular weight is 251 g/mol. The molecule has 1 fully saturated rings. The van der Waals surface area contributed by atoms with Gasteiger partial charge in [0, 0.05) is 30.4 Å². The van der Waals surface area contributed by atoms with Crippen LogP contribution in [0.4, 0.5) is 10.1 Å². The Morgan fingerprint density at radius 2 is 2.22 bits per heavy atom. The van der Waals surface area contributed by atoms with Crippen LogP contribution in [0.5, 0.6) is 0 Å². The quantitative estimate of drug-likeness (QED) is 0.774. The van der Waals surface area contributed by atoms with E-state index in [0.29, 0.717) is 12.6 Å². The second-order valence-electron chi connectivity index (χ2n) is 4.74. The first-order valence-electron chi connectivity index (χ1n) is 6.11. The number of carbonyl (C=O) groups excluding carboxylic acids is 1. The molecule has 5 heteroatoms. The van der Waals surface area contributed by atoms with E-state index in [9.17, 15) is 9.18 Å². The molecule has 1 amide bonds. The van der Waals surface area contributed by atoms with Crippen molar-refractivity contribution >= 4 is 11.6 Å². The van der Waals surface area contributed by atoms with Crippen LogP contribution in [0.1, 0.15) is 23.2 Å². The average Bonchev–Trinajstić information content (AvgIpc) is 3.11. The van der Waals surface area contributed by atoms with Crippen LogP contribution in [0.15, 0.2) is 18.2 Å². The van der Waals surface area contributed by atoms with E-state index in [1.165, 1.54) is 31.0 Å². The molecule has 0 radical (unpaired) electrons. The van der Waals surface area contributed by atoms with Crippen molar-refractivity contribution in [1.29, 1.82) is 0 Å². The lowest BCUT2D eigenvalue weighted by Gasteiger charge is -2.15. The minimum atomic E-state index is -0.491. The summed E-state index contributed by atoms with van der Waals surface area (Å²) in [6.45, 7) is 1.36. The van der Waals surface area contributed by atoms with Crippen LogP contribution in [0.3, 0.4) is 0 Å². The van der Waals surface area contributed by atoms with Gasteiger partial charge in [0.1, 0.15) is 5.82 Å². The van der Waals surface area contributed by atoms with E-state index in [1.54, 1.807) is 0 Å². The zero-order valence-electron chi connectivity index (χ0n) is 10.4. The van der Waals surface area contributed by atoms with E-state index < -0.39 is 5.82 Å². The number of hydrogen-bond acceptors (Lipinski definition) is 3. The SMILES string of the molecule is CN(CCNC(=O)c1cc(N)cc(F)c1)C1CC1. The third-order valence-corrected chi connectivity index (χ3v) is 3.10. The highest BCUT2D eigenvalue weighted by Crippen LogP contribution is 2.24. The molecule has 0 atom stereocenters. The highest BCUT2D eigenvalue weighted by atomic mass is 19.1. The molecule has 0 spiro atoms. The molecule has 1 aromatic carbocycles. The Hall–Kier alpha value is -1.62. The molecule has 0 bridgehead atoms. The number of anilines is 1. The molecule has 0 aromatic heterocycles. The number of halogens is 1. The van der Waals surface area contributed by atoms with E-state index >= 15 is 0 Å². The zero-order valence-corrected chi connectivity index (χ0v) is 10.4. The van der Waals surface area contributed by atoms with Crippen LogP contribution in [-0.2, 0) is 0 Å². The van der Waals surface area contributed by atoms with E-state index in [4.69, 9.17) is 5.73 Å². The molecule has 3 N–H and O–H groups in total. The van der Waals surface area contributed by atoms with Crippen LogP contribution in [0, 0.1) is 5.82 Å². The molecular formula is C13H18FN3O. The summed E-state index contributed by atoms with van der Waals surface area (Å²) in [5, 5.41) is 2.76. The van der Waals surface area contributed by atoms with Gasteiger partial charge in [-0.15, -0.1) is 0 Å². The second-order valence-corrected chi connectivity index (χ2v) is 4.74. The Morgan fingerprint density at radius 1 is 1.50 bits per heavy atom. The highest BCUT2D eigenvalue weighted by molar-refractivity contribution is 5.95. The Morgan fingerprint density at radius 3 is 2.83 bits per heavy atom. The van der Waals surface area contributed by atoms with Gasteiger partial charge in [-0.25, -0.2) is 4.39 Å². The first kappa shape index (κ1) is 12.8. The molecule has 1 aliphatic rings. The van der Waals surface area contributed by atoms with Gasteiger partial charge in [-0.2, -0.15) is 0 Å². The first-order chi connectivity index (χ1) is 8.56. The number of benzene rings is 1. The van der Waals surface area contributed by atoms with Crippen molar-refractivity contribution in [3.63, 3.8) is 0 Å². The Balaban J connectivity index is 1.83. The molecule has 4 nitrogen and oxygen atoms in total. The number of hydrogen-bond donors (Lipinski definition) is 2. The van der Waals surface area contributed by atoms with Crippen LogP contribution < -0.4 is 11.1 Å². The smallest absolute Gasteiger partial charge is 0.251 e. The van der Waals surface area contributed by atoms with Gasteiger partial charge < -0.3 is 16.0 Å². The molecule has 1 saturated carbocycles. The normalized spacial score (nSPS) is 14.8. The summed E-state index contributed by atoms with van der Waals surface area (Å²) in [6.07, 6.45) is 2.48. The van der Waals surface area contributed by atoms with Gasteiger partial charge in [0.05, 0.1) is 0 Å². The summed E-state index contributed by atoms with van der Waals surface area (Å²) in [5.41, 5.74) is 6.02. The molecule has 0 unspecified atom stereocenters. The maximum Gasteiger partial charge on any atom is 0.251 e. The maximum absolute atomic E-state index is 13.1. The van der Waals surface area contributed by atoms with Crippen LogP contribution in [0.25, 0.3) is 0 Å². The third-order valence-electron chi connectivity index (χ3n) is 3.10. The van der Waals surface area contributed by atoms with Crippen LogP contribution in [-0.4, -0.2) is 37.0 Å². The number of rotatable bonds is 5. The number of likely N-dealkylation sites (N-methyl/N-ethyl adjacent to an activating group) is 1. The maximum atomic E-state index is 13.1. The molecular weight excluding hydrogens is 233 g/mol. The summed E-state index contributed by atoms with van der Waals surface area (Å²) >= 11 is 0. The molecule has 1 aliphatic carbocycles. The fourth-order valence-electron chi connectivity index (χ4n) is 1.89. The fourth-order valence-corrected chi connectivity index (χ4v) is 1.89. The number of nitrogens with one attached hydrogen (secondary N) is 1. The number of carbonyl (C=O) groups is 1. The Labute approximate surface area is 106 Å². The van der Waals surface area contributed by atoms with Gasteiger partial charge in [0.2, 0.25) is 0 Å². The number of nitrogens with two attached hydrogens (primary N) is 1. The van der Waals surface area contributed by atoms with Crippen molar-refractivity contribution < 1.29 is 9.18 Å². The molecule has 0 heterocycles. The van der Waals surface area contributed by atoms with Crippen molar-refractivity contribution in [3.8, 4) is 0 Å². The van der Waals surface area contributed by atoms with Crippen molar-refractivity contribution in [2.75, 3.05) is 25.9 Å². The standard InChI is InChI=1S/C13H18FN3O/c1-17(12-2-3-12)5-4-16-13(18)9-6-10(14)8-11(15)7-9/h6-8,12H,2-5,15H2,1H3,(H,16,18). The lowest BCUT2D eigenvalue weighted by Crippen LogP contribution is -2.34. The largest absolute Gasteiger partial charge is 0.399 e. The monoisotopic (exact) mass is 251 g/mol. The number of amides is 1. The predicted octanol–water partition coefficient (Wildman–Crippen LogP) is 1.23. The van der Waals surface area contributed by atoms with Gasteiger partial charge in [0.15, 0.2) is 0 Å². The van der Waals surface area contributed by atoms with E-state index in [0.717, 1.165) is 6.54 Å². The second kappa shape index (κ2) is 5.35. The molecule has 18 heavy (non-hydrogen) atoms. The zero-order chi connectivity index (χ0) is 13.1. The lowest BCUT2D eigenvalue weighted by atomic mass is 10.2. The summed E-state index contributed by atoms with van der Waals surface area (Å²) in [5.74, 6) is -0.777. The van der Waals surface area contributed by atoms with Gasteiger partial charge in [0.25, 0.3) is 5.91 Å². The summed E-state index contributed by atoms with van der Waals surface area (Å²) < 4.78 is 13.1. The molecule has 0 saturated heterocycles.